The summed E-state index contributed by atoms with van der Waals surface area (Å²) in [5, 5.41) is 16.7. The third kappa shape index (κ3) is 3.41. The standard InChI is InChI=1S/C10H11N5O3S/c1-14-6-11-13-7(14)4-15-3-2-8(16)12-10(15)19-5-9(17)18/h2-3,6H,4-5H2,1H3,(H,17,18). The van der Waals surface area contributed by atoms with Gasteiger partial charge in [-0.25, -0.2) is 0 Å². The zero-order chi connectivity index (χ0) is 13.8. The zero-order valence-corrected chi connectivity index (χ0v) is 10.9. The fourth-order valence-electron chi connectivity index (χ4n) is 1.38. The summed E-state index contributed by atoms with van der Waals surface area (Å²) in [6.07, 6.45) is 3.13. The first-order valence-electron chi connectivity index (χ1n) is 5.31. The molecule has 0 fully saturated rings. The molecular formula is C10H11N5O3S. The minimum atomic E-state index is -0.965. The number of hydrogen-bond acceptors (Lipinski definition) is 6. The van der Waals surface area contributed by atoms with E-state index in [0.29, 0.717) is 17.5 Å². The molecule has 0 unspecified atom stereocenters. The Hall–Kier alpha value is -2.16. The van der Waals surface area contributed by atoms with Crippen molar-refractivity contribution in [2.45, 2.75) is 11.7 Å². The molecule has 100 valence electrons. The number of carboxylic acid groups (broad SMARTS) is 1. The molecule has 9 heteroatoms. The molecule has 0 bridgehead atoms. The summed E-state index contributed by atoms with van der Waals surface area (Å²) in [6, 6.07) is 1.32. The SMILES string of the molecule is Cn1cnnc1Cn1ccc(=O)nc1SCC(=O)O. The summed E-state index contributed by atoms with van der Waals surface area (Å²) in [5.74, 6) is -0.439. The maximum absolute atomic E-state index is 11.2. The Labute approximate surface area is 112 Å². The highest BCUT2D eigenvalue weighted by Gasteiger charge is 2.09. The van der Waals surface area contributed by atoms with Gasteiger partial charge in [0.1, 0.15) is 6.33 Å². The van der Waals surface area contributed by atoms with Crippen molar-refractivity contribution in [3.8, 4) is 0 Å². The Bertz CT molecular complexity index is 651. The molecule has 2 aromatic heterocycles. The maximum Gasteiger partial charge on any atom is 0.313 e. The van der Waals surface area contributed by atoms with Crippen LogP contribution in [0.5, 0.6) is 0 Å². The smallest absolute Gasteiger partial charge is 0.313 e. The Morgan fingerprint density at radius 1 is 1.53 bits per heavy atom. The quantitative estimate of drug-likeness (QED) is 0.587. The summed E-state index contributed by atoms with van der Waals surface area (Å²) < 4.78 is 3.41. The van der Waals surface area contributed by atoms with Crippen LogP contribution in [-0.2, 0) is 18.4 Å². The summed E-state index contributed by atoms with van der Waals surface area (Å²) in [6.45, 7) is 0.367. The van der Waals surface area contributed by atoms with Crippen LogP contribution in [0.2, 0.25) is 0 Å². The number of aliphatic carboxylic acids is 1. The van der Waals surface area contributed by atoms with Gasteiger partial charge in [-0.05, 0) is 0 Å². The Balaban J connectivity index is 2.26. The fraction of sp³-hybridized carbons (Fsp3) is 0.300. The van der Waals surface area contributed by atoms with Crippen LogP contribution < -0.4 is 5.56 Å². The normalized spacial score (nSPS) is 10.6. The van der Waals surface area contributed by atoms with Crippen LogP contribution in [0, 0.1) is 0 Å². The maximum atomic E-state index is 11.2. The summed E-state index contributed by atoms with van der Waals surface area (Å²) in [4.78, 5) is 25.6. The molecule has 19 heavy (non-hydrogen) atoms. The monoisotopic (exact) mass is 281 g/mol. The molecule has 0 atom stereocenters. The Kier molecular flexibility index (Phi) is 3.95. The lowest BCUT2D eigenvalue weighted by Gasteiger charge is -2.09. The van der Waals surface area contributed by atoms with Crippen LogP contribution in [0.3, 0.4) is 0 Å². The molecule has 0 saturated heterocycles. The summed E-state index contributed by atoms with van der Waals surface area (Å²) in [5.41, 5.74) is -0.401. The highest BCUT2D eigenvalue weighted by atomic mass is 32.2. The number of hydrogen-bond donors (Lipinski definition) is 1. The topological polar surface area (TPSA) is 103 Å². The molecule has 0 aliphatic heterocycles. The number of aryl methyl sites for hydroxylation is 1. The van der Waals surface area contributed by atoms with Crippen molar-refractivity contribution in [2.24, 2.45) is 7.05 Å². The molecule has 0 saturated carbocycles. The van der Waals surface area contributed by atoms with Gasteiger partial charge in [0.2, 0.25) is 0 Å². The first-order chi connectivity index (χ1) is 9.06. The molecular weight excluding hydrogens is 270 g/mol. The van der Waals surface area contributed by atoms with Crippen molar-refractivity contribution in [1.29, 1.82) is 0 Å². The second-order valence-electron chi connectivity index (χ2n) is 3.72. The third-order valence-electron chi connectivity index (χ3n) is 2.29. The van der Waals surface area contributed by atoms with Gasteiger partial charge < -0.3 is 14.2 Å². The number of nitrogens with zero attached hydrogens (tertiary/aromatic N) is 5. The molecule has 0 spiro atoms. The first-order valence-corrected chi connectivity index (χ1v) is 6.30. The summed E-state index contributed by atoms with van der Waals surface area (Å²) >= 11 is 0.992. The van der Waals surface area contributed by atoms with Gasteiger partial charge in [0, 0.05) is 19.3 Å². The second kappa shape index (κ2) is 5.65. The molecule has 2 aromatic rings. The lowest BCUT2D eigenvalue weighted by Crippen LogP contribution is -2.16. The first kappa shape index (κ1) is 13.3. The van der Waals surface area contributed by atoms with Crippen molar-refractivity contribution in [3.63, 3.8) is 0 Å². The van der Waals surface area contributed by atoms with E-state index >= 15 is 0 Å². The molecule has 0 aromatic carbocycles. The van der Waals surface area contributed by atoms with Crippen molar-refractivity contribution >= 4 is 17.7 Å². The average molecular weight is 281 g/mol. The van der Waals surface area contributed by atoms with E-state index in [1.54, 1.807) is 28.7 Å². The van der Waals surface area contributed by atoms with Crippen LogP contribution in [0.15, 0.2) is 28.5 Å². The van der Waals surface area contributed by atoms with E-state index in [2.05, 4.69) is 15.2 Å². The van der Waals surface area contributed by atoms with Crippen LogP contribution in [-0.4, -0.2) is 41.1 Å². The second-order valence-corrected chi connectivity index (χ2v) is 4.66. The molecule has 1 N–H and O–H groups in total. The lowest BCUT2D eigenvalue weighted by molar-refractivity contribution is -0.133. The predicted octanol–water partition coefficient (Wildman–Crippen LogP) is -0.403. The predicted molar refractivity (Wildman–Crippen MR) is 67.0 cm³/mol. The van der Waals surface area contributed by atoms with E-state index in [1.165, 1.54) is 6.07 Å². The van der Waals surface area contributed by atoms with Crippen molar-refractivity contribution in [2.75, 3.05) is 5.75 Å². The van der Waals surface area contributed by atoms with Crippen molar-refractivity contribution in [1.82, 2.24) is 24.3 Å². The molecule has 0 amide bonds. The number of aromatic nitrogens is 5. The fourth-order valence-corrected chi connectivity index (χ4v) is 2.08. The van der Waals surface area contributed by atoms with E-state index < -0.39 is 11.5 Å². The number of carboxylic acids is 1. The van der Waals surface area contributed by atoms with E-state index in [-0.39, 0.29) is 5.75 Å². The minimum absolute atomic E-state index is 0.157. The van der Waals surface area contributed by atoms with Gasteiger partial charge in [0.25, 0.3) is 5.56 Å². The number of rotatable bonds is 5. The van der Waals surface area contributed by atoms with E-state index in [9.17, 15) is 9.59 Å². The molecule has 2 heterocycles. The van der Waals surface area contributed by atoms with Crippen molar-refractivity contribution < 1.29 is 9.90 Å². The number of thioether (sulfide) groups is 1. The van der Waals surface area contributed by atoms with Gasteiger partial charge in [-0.2, -0.15) is 4.98 Å². The van der Waals surface area contributed by atoms with Gasteiger partial charge in [-0.3, -0.25) is 9.59 Å². The summed E-state index contributed by atoms with van der Waals surface area (Å²) in [7, 11) is 1.80. The third-order valence-corrected chi connectivity index (χ3v) is 3.27. The Morgan fingerprint density at radius 3 is 2.95 bits per heavy atom. The molecule has 0 aliphatic rings. The molecule has 0 aliphatic carbocycles. The van der Waals surface area contributed by atoms with Crippen molar-refractivity contribution in [3.05, 3.63) is 34.8 Å². The largest absolute Gasteiger partial charge is 0.481 e. The zero-order valence-electron chi connectivity index (χ0n) is 10.1. The average Bonchev–Trinajstić information content (AvgIpc) is 2.75. The molecule has 0 radical (unpaired) electrons. The Morgan fingerprint density at radius 2 is 2.32 bits per heavy atom. The van der Waals surface area contributed by atoms with Crippen LogP contribution in [0.4, 0.5) is 0 Å². The van der Waals surface area contributed by atoms with E-state index in [1.807, 2.05) is 0 Å². The van der Waals surface area contributed by atoms with Crippen LogP contribution in [0.25, 0.3) is 0 Å². The van der Waals surface area contributed by atoms with Gasteiger partial charge in [-0.15, -0.1) is 10.2 Å². The van der Waals surface area contributed by atoms with Crippen LogP contribution in [0.1, 0.15) is 5.82 Å². The van der Waals surface area contributed by atoms with Gasteiger partial charge in [0.05, 0.1) is 12.3 Å². The van der Waals surface area contributed by atoms with E-state index in [0.717, 1.165) is 11.8 Å². The van der Waals surface area contributed by atoms with E-state index in [4.69, 9.17) is 5.11 Å². The van der Waals surface area contributed by atoms with Gasteiger partial charge in [-0.1, -0.05) is 11.8 Å². The molecule has 8 nitrogen and oxygen atoms in total. The number of carbonyl (C=O) groups is 1. The minimum Gasteiger partial charge on any atom is -0.481 e. The highest BCUT2D eigenvalue weighted by Crippen LogP contribution is 2.14. The van der Waals surface area contributed by atoms with Gasteiger partial charge in [0.15, 0.2) is 11.0 Å². The molecule has 2 rings (SSSR count). The van der Waals surface area contributed by atoms with Gasteiger partial charge >= 0.3 is 5.97 Å². The van der Waals surface area contributed by atoms with Crippen LogP contribution >= 0.6 is 11.8 Å². The highest BCUT2D eigenvalue weighted by molar-refractivity contribution is 7.99. The lowest BCUT2D eigenvalue weighted by atomic mass is 10.5.